The van der Waals surface area contributed by atoms with Crippen LogP contribution in [0.1, 0.15) is 33.2 Å². The molecular weight excluding hydrogens is 294 g/mol. The number of nitrogens with zero attached hydrogens (tertiary/aromatic N) is 3. The minimum Gasteiger partial charge on any atom is -0.493 e. The van der Waals surface area contributed by atoms with Gasteiger partial charge < -0.3 is 9.67 Å². The number of fused-ring (bicyclic) bond motifs is 1. The summed E-state index contributed by atoms with van der Waals surface area (Å²) in [5, 5.41) is 19.1. The Labute approximate surface area is 134 Å². The smallest absolute Gasteiger partial charge is 0.282 e. The van der Waals surface area contributed by atoms with Crippen LogP contribution in [0, 0.1) is 0 Å². The molecule has 1 aromatic carbocycles. The number of hydrogen-bond acceptors (Lipinski definition) is 5. The zero-order valence-corrected chi connectivity index (χ0v) is 13.4. The summed E-state index contributed by atoms with van der Waals surface area (Å²) in [6, 6.07) is 7.47. The quantitative estimate of drug-likeness (QED) is 0.760. The zero-order valence-electron chi connectivity index (χ0n) is 13.4. The van der Waals surface area contributed by atoms with Crippen molar-refractivity contribution >= 4 is 22.5 Å². The number of benzene rings is 1. The van der Waals surface area contributed by atoms with Crippen LogP contribution in [0.3, 0.4) is 0 Å². The maximum Gasteiger partial charge on any atom is 0.282 e. The molecule has 1 saturated heterocycles. The summed E-state index contributed by atoms with van der Waals surface area (Å²) in [6.07, 6.45) is 0.664. The van der Waals surface area contributed by atoms with Gasteiger partial charge in [-0.15, -0.1) is 10.2 Å². The molecule has 3 N–H and O–H groups in total. The molecule has 122 valence electrons. The number of carbonyl (C=O) groups excluding carboxylic acids is 1. The Bertz CT molecular complexity index is 765. The lowest BCUT2D eigenvalue weighted by molar-refractivity contribution is -0.120. The number of nitrogens with one attached hydrogen (secondary N) is 2. The molecular formula is C16H21N5O2. The van der Waals surface area contributed by atoms with E-state index in [0.29, 0.717) is 12.1 Å². The predicted octanol–water partition coefficient (Wildman–Crippen LogP) is 2.79. The van der Waals surface area contributed by atoms with Crippen LogP contribution < -0.4 is 10.9 Å². The molecule has 7 nitrogen and oxygen atoms in total. The van der Waals surface area contributed by atoms with Crippen molar-refractivity contribution in [3.05, 3.63) is 24.3 Å². The zero-order chi connectivity index (χ0) is 16.6. The van der Waals surface area contributed by atoms with Crippen LogP contribution in [0.4, 0.5) is 5.69 Å². The van der Waals surface area contributed by atoms with Gasteiger partial charge in [0.25, 0.3) is 5.91 Å². The van der Waals surface area contributed by atoms with Gasteiger partial charge in [-0.3, -0.25) is 10.2 Å². The van der Waals surface area contributed by atoms with Crippen molar-refractivity contribution in [3.63, 3.8) is 0 Å². The Hall–Kier alpha value is -2.25. The van der Waals surface area contributed by atoms with Gasteiger partial charge in [0.05, 0.1) is 5.52 Å². The molecule has 1 amide bonds. The van der Waals surface area contributed by atoms with Gasteiger partial charge >= 0.3 is 0 Å². The number of hydrazine groups is 1. The van der Waals surface area contributed by atoms with Gasteiger partial charge in [-0.1, -0.05) is 18.2 Å². The summed E-state index contributed by atoms with van der Waals surface area (Å²) in [4.78, 5) is 12.1. The molecule has 0 spiro atoms. The lowest BCUT2D eigenvalue weighted by Crippen LogP contribution is -2.36. The van der Waals surface area contributed by atoms with Crippen molar-refractivity contribution in [2.24, 2.45) is 10.2 Å². The summed E-state index contributed by atoms with van der Waals surface area (Å²) in [5.41, 5.74) is 7.09. The molecule has 7 heteroatoms. The largest absolute Gasteiger partial charge is 0.493 e. The van der Waals surface area contributed by atoms with Gasteiger partial charge in [0, 0.05) is 17.5 Å². The average molecular weight is 315 g/mol. The molecule has 2 aromatic rings. The molecule has 0 saturated carbocycles. The van der Waals surface area contributed by atoms with Crippen molar-refractivity contribution in [3.8, 4) is 5.88 Å². The third-order valence-electron chi connectivity index (χ3n) is 4.01. The Kier molecular flexibility index (Phi) is 4.14. The lowest BCUT2D eigenvalue weighted by atomic mass is 10.1. The van der Waals surface area contributed by atoms with Crippen LogP contribution in [0.5, 0.6) is 5.88 Å². The summed E-state index contributed by atoms with van der Waals surface area (Å²) >= 11 is 0. The van der Waals surface area contributed by atoms with E-state index in [-0.39, 0.29) is 29.9 Å². The van der Waals surface area contributed by atoms with E-state index in [2.05, 4.69) is 21.1 Å². The number of hydrogen-bond donors (Lipinski definition) is 3. The van der Waals surface area contributed by atoms with Crippen LogP contribution >= 0.6 is 0 Å². The van der Waals surface area contributed by atoms with Crippen molar-refractivity contribution in [2.45, 2.75) is 45.3 Å². The van der Waals surface area contributed by atoms with E-state index in [1.54, 1.807) is 4.57 Å². The molecule has 1 aliphatic heterocycles. The van der Waals surface area contributed by atoms with E-state index in [1.165, 1.54) is 0 Å². The summed E-state index contributed by atoms with van der Waals surface area (Å²) in [7, 11) is 0. The fourth-order valence-electron chi connectivity index (χ4n) is 2.90. The number of aromatic hydroxyl groups is 1. The first-order chi connectivity index (χ1) is 11.0. The monoisotopic (exact) mass is 315 g/mol. The van der Waals surface area contributed by atoms with Gasteiger partial charge in [-0.2, -0.15) is 0 Å². The third kappa shape index (κ3) is 2.85. The number of para-hydroxylation sites is 1. The van der Waals surface area contributed by atoms with E-state index in [4.69, 9.17) is 0 Å². The van der Waals surface area contributed by atoms with Crippen LogP contribution in [0.2, 0.25) is 0 Å². The van der Waals surface area contributed by atoms with Gasteiger partial charge in [0.1, 0.15) is 6.04 Å². The highest BCUT2D eigenvalue weighted by molar-refractivity contribution is 5.95. The van der Waals surface area contributed by atoms with Crippen molar-refractivity contribution in [2.75, 3.05) is 0 Å². The summed E-state index contributed by atoms with van der Waals surface area (Å²) < 4.78 is 1.78. The fourth-order valence-corrected chi connectivity index (χ4v) is 2.90. The van der Waals surface area contributed by atoms with Crippen molar-refractivity contribution in [1.29, 1.82) is 0 Å². The summed E-state index contributed by atoms with van der Waals surface area (Å²) in [5.74, 6) is -0.314. The number of carbonyl (C=O) groups is 1. The fraction of sp³-hybridized carbons (Fsp3) is 0.438. The minimum atomic E-state index is -0.380. The van der Waals surface area contributed by atoms with Gasteiger partial charge in [0.2, 0.25) is 5.88 Å². The van der Waals surface area contributed by atoms with Gasteiger partial charge in [0.15, 0.2) is 5.69 Å². The molecule has 2 heterocycles. The first kappa shape index (κ1) is 15.6. The van der Waals surface area contributed by atoms with E-state index < -0.39 is 0 Å². The number of amides is 1. The molecule has 1 aliphatic rings. The van der Waals surface area contributed by atoms with Crippen LogP contribution in [-0.4, -0.2) is 27.7 Å². The van der Waals surface area contributed by atoms with E-state index in [9.17, 15) is 9.90 Å². The predicted molar refractivity (Wildman–Crippen MR) is 87.6 cm³/mol. The lowest BCUT2D eigenvalue weighted by Gasteiger charge is -2.10. The molecule has 1 aromatic heterocycles. The van der Waals surface area contributed by atoms with Crippen molar-refractivity contribution < 1.29 is 9.90 Å². The molecule has 2 unspecified atom stereocenters. The molecule has 0 bridgehead atoms. The summed E-state index contributed by atoms with van der Waals surface area (Å²) in [6.45, 7) is 5.95. The second kappa shape index (κ2) is 6.10. The Morgan fingerprint density at radius 2 is 2.09 bits per heavy atom. The number of rotatable bonds is 3. The second-order valence-corrected chi connectivity index (χ2v) is 6.17. The maximum atomic E-state index is 12.1. The van der Waals surface area contributed by atoms with Crippen LogP contribution in [-0.2, 0) is 4.79 Å². The Morgan fingerprint density at radius 3 is 2.74 bits per heavy atom. The highest BCUT2D eigenvalue weighted by atomic mass is 16.3. The second-order valence-electron chi connectivity index (χ2n) is 6.17. The van der Waals surface area contributed by atoms with Gasteiger partial charge in [-0.25, -0.2) is 5.43 Å². The first-order valence-electron chi connectivity index (χ1n) is 7.77. The molecule has 3 rings (SSSR count). The molecule has 0 radical (unpaired) electrons. The SMILES string of the molecule is CC1CC(C(=O)N=Nc2c(O)n(C(C)C)c3ccccc23)NN1. The topological polar surface area (TPSA) is 91.0 Å². The van der Waals surface area contributed by atoms with E-state index in [1.807, 2.05) is 45.0 Å². The number of aromatic nitrogens is 1. The molecule has 0 aliphatic carbocycles. The normalized spacial score (nSPS) is 21.7. The molecule has 2 atom stereocenters. The third-order valence-corrected chi connectivity index (χ3v) is 4.01. The number of azo groups is 1. The van der Waals surface area contributed by atoms with Crippen LogP contribution in [0.15, 0.2) is 34.5 Å². The van der Waals surface area contributed by atoms with Gasteiger partial charge in [-0.05, 0) is 33.3 Å². The Morgan fingerprint density at radius 1 is 1.35 bits per heavy atom. The van der Waals surface area contributed by atoms with E-state index in [0.717, 1.165) is 10.9 Å². The van der Waals surface area contributed by atoms with Crippen molar-refractivity contribution in [1.82, 2.24) is 15.4 Å². The Balaban J connectivity index is 1.95. The highest BCUT2D eigenvalue weighted by Gasteiger charge is 2.27. The van der Waals surface area contributed by atoms with E-state index >= 15 is 0 Å². The molecule has 23 heavy (non-hydrogen) atoms. The minimum absolute atomic E-state index is 0.0311. The highest BCUT2D eigenvalue weighted by Crippen LogP contribution is 2.40. The molecule has 1 fully saturated rings. The van der Waals surface area contributed by atoms with Crippen LogP contribution in [0.25, 0.3) is 10.9 Å². The maximum absolute atomic E-state index is 12.1. The average Bonchev–Trinajstić information content (AvgIpc) is 3.06. The standard InChI is InChI=1S/C16H21N5O2/c1-9(2)21-13-7-5-4-6-11(13)14(16(21)23)19-20-15(22)12-8-10(3)17-18-12/h4-7,9-10,12,17-18,23H,8H2,1-3H3. The first-order valence-corrected chi connectivity index (χ1v) is 7.77.